The van der Waals surface area contributed by atoms with Gasteiger partial charge in [0.15, 0.2) is 0 Å². The number of carboxylic acids is 1. The van der Waals surface area contributed by atoms with Gasteiger partial charge in [-0.05, 0) is 30.7 Å². The summed E-state index contributed by atoms with van der Waals surface area (Å²) in [6.07, 6.45) is 1.52. The van der Waals surface area contributed by atoms with Crippen LogP contribution in [0.15, 0.2) is 36.5 Å². The van der Waals surface area contributed by atoms with Gasteiger partial charge in [-0.15, -0.1) is 0 Å². The Labute approximate surface area is 109 Å². The fraction of sp³-hybridized carbons (Fsp3) is 0.0769. The summed E-state index contributed by atoms with van der Waals surface area (Å²) in [7, 11) is 0. The molecule has 0 saturated heterocycles. The molecule has 5 heteroatoms. The van der Waals surface area contributed by atoms with E-state index >= 15 is 0 Å². The van der Waals surface area contributed by atoms with Gasteiger partial charge in [0, 0.05) is 12.3 Å². The highest BCUT2D eigenvalue weighted by Crippen LogP contribution is 2.27. The van der Waals surface area contributed by atoms with Gasteiger partial charge in [-0.3, -0.25) is 0 Å². The maximum Gasteiger partial charge on any atom is 0.335 e. The predicted molar refractivity (Wildman–Crippen MR) is 67.5 cm³/mol. The molecule has 0 aliphatic rings. The lowest BCUT2D eigenvalue weighted by Gasteiger charge is -2.09. The zero-order valence-corrected chi connectivity index (χ0v) is 10.3. The number of rotatable bonds is 3. The number of hydrogen-bond acceptors (Lipinski definition) is 3. The largest absolute Gasteiger partial charge is 0.478 e. The van der Waals surface area contributed by atoms with Crippen LogP contribution in [0, 0.1) is 6.92 Å². The third kappa shape index (κ3) is 2.78. The standard InChI is InChI=1S/C13H10ClNO3/c1-8-2-3-9(13(16)17)6-11(8)18-10-4-5-15-12(14)7-10/h2-7H,1H3,(H,16,17). The zero-order chi connectivity index (χ0) is 13.1. The number of ether oxygens (including phenoxy) is 1. The van der Waals surface area contributed by atoms with Gasteiger partial charge in [0.25, 0.3) is 0 Å². The molecule has 0 aliphatic carbocycles. The molecular weight excluding hydrogens is 254 g/mol. The molecule has 4 nitrogen and oxygen atoms in total. The molecule has 0 saturated carbocycles. The zero-order valence-electron chi connectivity index (χ0n) is 9.55. The van der Waals surface area contributed by atoms with Crippen molar-refractivity contribution in [3.05, 3.63) is 52.8 Å². The number of carbonyl (C=O) groups is 1. The van der Waals surface area contributed by atoms with Crippen LogP contribution >= 0.6 is 11.6 Å². The van der Waals surface area contributed by atoms with E-state index in [1.54, 1.807) is 18.2 Å². The highest BCUT2D eigenvalue weighted by molar-refractivity contribution is 6.29. The first kappa shape index (κ1) is 12.4. The number of hydrogen-bond donors (Lipinski definition) is 1. The lowest BCUT2D eigenvalue weighted by Crippen LogP contribution is -1.97. The Morgan fingerprint density at radius 2 is 2.11 bits per heavy atom. The average Bonchev–Trinajstić information content (AvgIpc) is 2.31. The third-order valence-electron chi connectivity index (χ3n) is 2.36. The highest BCUT2D eigenvalue weighted by atomic mass is 35.5. The molecule has 1 heterocycles. The van der Waals surface area contributed by atoms with Gasteiger partial charge in [0.1, 0.15) is 16.7 Å². The number of aromatic nitrogens is 1. The fourth-order valence-electron chi connectivity index (χ4n) is 1.42. The molecule has 92 valence electrons. The maximum atomic E-state index is 10.9. The minimum Gasteiger partial charge on any atom is -0.478 e. The molecule has 18 heavy (non-hydrogen) atoms. The van der Waals surface area contributed by atoms with Gasteiger partial charge in [0.05, 0.1) is 5.56 Å². The Morgan fingerprint density at radius 3 is 2.78 bits per heavy atom. The molecule has 1 aromatic carbocycles. The van der Waals surface area contributed by atoms with Crippen LogP contribution in [0.4, 0.5) is 0 Å². The van der Waals surface area contributed by atoms with Crippen LogP contribution in [0.1, 0.15) is 15.9 Å². The third-order valence-corrected chi connectivity index (χ3v) is 2.57. The number of halogens is 1. The summed E-state index contributed by atoms with van der Waals surface area (Å²) >= 11 is 5.75. The molecule has 2 aromatic rings. The van der Waals surface area contributed by atoms with Crippen LogP contribution in [0.2, 0.25) is 5.15 Å². The molecule has 0 atom stereocenters. The summed E-state index contributed by atoms with van der Waals surface area (Å²) < 4.78 is 5.59. The lowest BCUT2D eigenvalue weighted by atomic mass is 10.1. The molecule has 0 spiro atoms. The number of carboxylic acid groups (broad SMARTS) is 1. The number of nitrogens with zero attached hydrogens (tertiary/aromatic N) is 1. The Hall–Kier alpha value is -2.07. The van der Waals surface area contributed by atoms with E-state index in [0.29, 0.717) is 16.7 Å². The molecule has 0 fully saturated rings. The lowest BCUT2D eigenvalue weighted by molar-refractivity contribution is 0.0696. The van der Waals surface area contributed by atoms with E-state index in [4.69, 9.17) is 21.4 Å². The SMILES string of the molecule is Cc1ccc(C(=O)O)cc1Oc1ccnc(Cl)c1. The van der Waals surface area contributed by atoms with Crippen LogP contribution in [0.3, 0.4) is 0 Å². The van der Waals surface area contributed by atoms with E-state index in [0.717, 1.165) is 5.56 Å². The Balaban J connectivity index is 2.33. The Kier molecular flexibility index (Phi) is 3.48. The average molecular weight is 264 g/mol. The van der Waals surface area contributed by atoms with Crippen molar-refractivity contribution >= 4 is 17.6 Å². The second-order valence-electron chi connectivity index (χ2n) is 3.70. The summed E-state index contributed by atoms with van der Waals surface area (Å²) in [6, 6.07) is 7.92. The Bertz CT molecular complexity index is 599. The Morgan fingerprint density at radius 1 is 1.33 bits per heavy atom. The van der Waals surface area contributed by atoms with E-state index in [1.807, 2.05) is 6.92 Å². The summed E-state index contributed by atoms with van der Waals surface area (Å²) in [6.45, 7) is 1.84. The fourth-order valence-corrected chi connectivity index (χ4v) is 1.58. The molecule has 1 N–H and O–H groups in total. The van der Waals surface area contributed by atoms with Crippen molar-refractivity contribution in [3.8, 4) is 11.5 Å². The van der Waals surface area contributed by atoms with E-state index in [1.165, 1.54) is 18.3 Å². The monoisotopic (exact) mass is 263 g/mol. The van der Waals surface area contributed by atoms with E-state index < -0.39 is 5.97 Å². The second kappa shape index (κ2) is 5.06. The first-order chi connectivity index (χ1) is 8.56. The topological polar surface area (TPSA) is 59.4 Å². The summed E-state index contributed by atoms with van der Waals surface area (Å²) in [4.78, 5) is 14.7. The van der Waals surface area contributed by atoms with Crippen molar-refractivity contribution in [2.45, 2.75) is 6.92 Å². The van der Waals surface area contributed by atoms with Crippen molar-refractivity contribution in [1.82, 2.24) is 4.98 Å². The molecule has 0 radical (unpaired) electrons. The van der Waals surface area contributed by atoms with Crippen LogP contribution in [-0.2, 0) is 0 Å². The quantitative estimate of drug-likeness (QED) is 0.861. The van der Waals surface area contributed by atoms with E-state index in [9.17, 15) is 4.79 Å². The number of benzene rings is 1. The maximum absolute atomic E-state index is 10.9. The van der Waals surface area contributed by atoms with Gasteiger partial charge in [-0.2, -0.15) is 0 Å². The van der Waals surface area contributed by atoms with Crippen molar-refractivity contribution in [3.63, 3.8) is 0 Å². The van der Waals surface area contributed by atoms with E-state index in [-0.39, 0.29) is 5.56 Å². The van der Waals surface area contributed by atoms with Gasteiger partial charge in [-0.25, -0.2) is 9.78 Å². The van der Waals surface area contributed by atoms with Crippen molar-refractivity contribution in [1.29, 1.82) is 0 Å². The van der Waals surface area contributed by atoms with Crippen molar-refractivity contribution in [2.75, 3.05) is 0 Å². The van der Waals surface area contributed by atoms with Gasteiger partial charge < -0.3 is 9.84 Å². The summed E-state index contributed by atoms with van der Waals surface area (Å²) in [5.74, 6) is 0.00501. The normalized spacial score (nSPS) is 10.1. The van der Waals surface area contributed by atoms with Crippen LogP contribution in [0.5, 0.6) is 11.5 Å². The first-order valence-corrected chi connectivity index (χ1v) is 5.57. The minimum atomic E-state index is -0.993. The number of pyridine rings is 1. The number of aromatic carboxylic acids is 1. The summed E-state index contributed by atoms with van der Waals surface area (Å²) in [5, 5.41) is 9.24. The smallest absolute Gasteiger partial charge is 0.335 e. The first-order valence-electron chi connectivity index (χ1n) is 5.19. The van der Waals surface area contributed by atoms with Crippen LogP contribution in [-0.4, -0.2) is 16.1 Å². The van der Waals surface area contributed by atoms with Gasteiger partial charge in [-0.1, -0.05) is 17.7 Å². The predicted octanol–water partition coefficient (Wildman–Crippen LogP) is 3.53. The molecule has 0 unspecified atom stereocenters. The van der Waals surface area contributed by atoms with Gasteiger partial charge >= 0.3 is 5.97 Å². The second-order valence-corrected chi connectivity index (χ2v) is 4.09. The molecule has 0 amide bonds. The summed E-state index contributed by atoms with van der Waals surface area (Å²) in [5.41, 5.74) is 1.02. The van der Waals surface area contributed by atoms with E-state index in [2.05, 4.69) is 4.98 Å². The number of aryl methyl sites for hydroxylation is 1. The molecule has 0 bridgehead atoms. The van der Waals surface area contributed by atoms with Crippen molar-refractivity contribution in [2.24, 2.45) is 0 Å². The molecule has 2 rings (SSSR count). The molecule has 1 aromatic heterocycles. The van der Waals surface area contributed by atoms with Crippen LogP contribution in [0.25, 0.3) is 0 Å². The van der Waals surface area contributed by atoms with Gasteiger partial charge in [0.2, 0.25) is 0 Å². The molecular formula is C13H10ClNO3. The van der Waals surface area contributed by atoms with Crippen molar-refractivity contribution < 1.29 is 14.6 Å². The minimum absolute atomic E-state index is 0.177. The van der Waals surface area contributed by atoms with Crippen LogP contribution < -0.4 is 4.74 Å². The molecule has 0 aliphatic heterocycles. The highest BCUT2D eigenvalue weighted by Gasteiger charge is 2.08.